The predicted octanol–water partition coefficient (Wildman–Crippen LogP) is -3.33. The molecular formula is H8N7. The smallest absolute Gasteiger partial charge is 0.164 e. The zero-order valence-corrected chi connectivity index (χ0v) is 3.58. The van der Waals surface area contributed by atoms with Crippen LogP contribution in [0.4, 0.5) is 0 Å². The third-order valence-corrected chi connectivity index (χ3v) is 0.260. The lowest BCUT2D eigenvalue weighted by molar-refractivity contribution is 0.328. The zero-order valence-electron chi connectivity index (χ0n) is 3.58. The average molecular weight is 106 g/mol. The molecule has 7 heteroatoms. The van der Waals surface area contributed by atoms with Crippen molar-refractivity contribution in [2.75, 3.05) is 0 Å². The number of hydrazine groups is 5. The lowest BCUT2D eigenvalue weighted by Gasteiger charge is -2.02. The topological polar surface area (TPSA) is 110 Å². The summed E-state index contributed by atoms with van der Waals surface area (Å²) >= 11 is 0. The minimum absolute atomic E-state index is 1.83. The number of rotatable bonds is 4. The van der Waals surface area contributed by atoms with Gasteiger partial charge < -0.3 is 0 Å². The molecule has 0 heterocycles. The molecule has 0 aromatic carbocycles. The molecule has 0 amide bonds. The molecule has 0 saturated carbocycles. The molecule has 0 aromatic heterocycles. The first-order valence-corrected chi connectivity index (χ1v) is 1.54. The third kappa shape index (κ3) is 5.72. The molecule has 0 rings (SSSR count). The van der Waals surface area contributed by atoms with Gasteiger partial charge in [-0.05, 0) is 0 Å². The molecule has 0 spiro atoms. The summed E-state index contributed by atoms with van der Waals surface area (Å²) in [6, 6.07) is 0. The Balaban J connectivity index is 2.45. The highest BCUT2D eigenvalue weighted by atomic mass is 15.9. The lowest BCUT2D eigenvalue weighted by atomic mass is 12.2. The van der Waals surface area contributed by atoms with Crippen LogP contribution in [0.3, 0.4) is 0 Å². The Morgan fingerprint density at radius 3 is 2.29 bits per heavy atom. The Bertz CT molecular complexity index is 19.2. The van der Waals surface area contributed by atoms with E-state index in [4.69, 9.17) is 11.7 Å². The summed E-state index contributed by atoms with van der Waals surface area (Å²) in [7, 11) is 0. The van der Waals surface area contributed by atoms with Crippen LogP contribution in [0.15, 0.2) is 0 Å². The van der Waals surface area contributed by atoms with Gasteiger partial charge in [0.1, 0.15) is 0 Å². The first kappa shape index (κ1) is 6.72. The summed E-state index contributed by atoms with van der Waals surface area (Å²) < 4.78 is 0. The molecule has 7 heavy (non-hydrogen) atoms. The van der Waals surface area contributed by atoms with Crippen LogP contribution in [-0.4, -0.2) is 0 Å². The predicted molar refractivity (Wildman–Crippen MR) is 23.0 cm³/mol. The van der Waals surface area contributed by atoms with Crippen molar-refractivity contribution in [3.63, 3.8) is 0 Å². The van der Waals surface area contributed by atoms with E-state index < -0.39 is 0 Å². The van der Waals surface area contributed by atoms with Gasteiger partial charge in [-0.25, -0.2) is 0 Å². The Morgan fingerprint density at radius 1 is 1.14 bits per heavy atom. The Morgan fingerprint density at radius 2 is 1.86 bits per heavy atom. The Hall–Kier alpha value is -0.280. The molecule has 1 radical (unpaired) electrons. The van der Waals surface area contributed by atoms with Crippen molar-refractivity contribution in [3.8, 4) is 0 Å². The second-order valence-corrected chi connectivity index (χ2v) is 0.644. The van der Waals surface area contributed by atoms with E-state index >= 15 is 0 Å². The minimum Gasteiger partial charge on any atom is -0.257 e. The van der Waals surface area contributed by atoms with Crippen LogP contribution < -0.4 is 39.4 Å². The van der Waals surface area contributed by atoms with Gasteiger partial charge in [0.2, 0.25) is 0 Å². The monoisotopic (exact) mass is 106 g/mol. The van der Waals surface area contributed by atoms with Gasteiger partial charge in [0.05, 0.1) is 0 Å². The van der Waals surface area contributed by atoms with Crippen molar-refractivity contribution in [2.24, 2.45) is 5.84 Å². The van der Waals surface area contributed by atoms with Gasteiger partial charge >= 0.3 is 0 Å². The quantitative estimate of drug-likeness (QED) is 0.127. The van der Waals surface area contributed by atoms with E-state index in [0.717, 1.165) is 0 Å². The van der Waals surface area contributed by atoms with E-state index in [-0.39, 0.29) is 0 Å². The van der Waals surface area contributed by atoms with Crippen LogP contribution in [0.2, 0.25) is 0 Å². The second kappa shape index (κ2) is 5.72. The zero-order chi connectivity index (χ0) is 5.54. The molecule has 0 aliphatic carbocycles. The highest BCUT2D eigenvalue weighted by molar-refractivity contribution is 4.03. The average Bonchev–Trinajstić information content (AvgIpc) is 1.69. The molecule has 43 valence electrons. The van der Waals surface area contributed by atoms with Gasteiger partial charge in [0.25, 0.3) is 0 Å². The molecule has 0 bridgehead atoms. The fourth-order valence-corrected chi connectivity index (χ4v) is 0.0986. The third-order valence-electron chi connectivity index (χ3n) is 0.260. The van der Waals surface area contributed by atoms with Gasteiger partial charge in [-0.2, -0.15) is 33.5 Å². The molecule has 0 saturated heterocycles. The maximum Gasteiger partial charge on any atom is -0.164 e. The molecule has 8 N–H and O–H groups in total. The largest absolute Gasteiger partial charge is 0.257 e. The fraction of sp³-hybridized carbons (Fsp3) is 0. The number of hydrogen-bond donors (Lipinski definition) is 6. The van der Waals surface area contributed by atoms with Gasteiger partial charge in [0.15, 0.2) is 0 Å². The standard InChI is InChI=1S/H8N7/c1-3-5-7-6-4-2/h1,3-7H,2H2. The van der Waals surface area contributed by atoms with Crippen molar-refractivity contribution in [1.82, 2.24) is 33.5 Å². The summed E-state index contributed by atoms with van der Waals surface area (Å²) in [5.74, 6) is 11.0. The molecule has 0 aliphatic rings. The Kier molecular flexibility index (Phi) is 5.49. The van der Waals surface area contributed by atoms with Crippen LogP contribution in [0.5, 0.6) is 0 Å². The summed E-state index contributed by atoms with van der Waals surface area (Å²) in [5, 5.41) is 0. The number of hydrogen-bond acceptors (Lipinski definition) is 6. The van der Waals surface area contributed by atoms with Crippen LogP contribution >= 0.6 is 0 Å². The van der Waals surface area contributed by atoms with Crippen molar-refractivity contribution in [2.45, 2.75) is 0 Å². The SMILES string of the molecule is [NH]NNNNNN. The molecule has 7 nitrogen and oxygen atoms in total. The van der Waals surface area contributed by atoms with Crippen molar-refractivity contribution < 1.29 is 0 Å². The van der Waals surface area contributed by atoms with E-state index in [1.54, 1.807) is 0 Å². The van der Waals surface area contributed by atoms with Gasteiger partial charge in [-0.3, -0.25) is 5.84 Å². The highest BCUT2D eigenvalue weighted by Crippen LogP contribution is 1.14. The first-order chi connectivity index (χ1) is 3.41. The van der Waals surface area contributed by atoms with Crippen molar-refractivity contribution >= 4 is 0 Å². The van der Waals surface area contributed by atoms with Crippen molar-refractivity contribution in [3.05, 3.63) is 0 Å². The van der Waals surface area contributed by atoms with E-state index in [9.17, 15) is 0 Å². The minimum atomic E-state index is 1.83. The van der Waals surface area contributed by atoms with Gasteiger partial charge in [-0.15, -0.1) is 0 Å². The maximum absolute atomic E-state index is 6.25. The molecular weight excluding hydrogens is 98.0 g/mol. The van der Waals surface area contributed by atoms with Crippen LogP contribution in [-0.2, 0) is 0 Å². The molecule has 0 atom stereocenters. The summed E-state index contributed by atoms with van der Waals surface area (Å²) in [5.41, 5.74) is 10.5. The van der Waals surface area contributed by atoms with E-state index in [1.165, 1.54) is 0 Å². The van der Waals surface area contributed by atoms with Crippen LogP contribution in [0, 0.1) is 0 Å². The van der Waals surface area contributed by atoms with E-state index in [0.29, 0.717) is 0 Å². The lowest BCUT2D eigenvalue weighted by Crippen LogP contribution is -2.56. The molecule has 0 aromatic rings. The van der Waals surface area contributed by atoms with Gasteiger partial charge in [-0.1, -0.05) is 0 Å². The molecule has 0 unspecified atom stereocenters. The summed E-state index contributed by atoms with van der Waals surface area (Å²) in [4.78, 5) is 0. The fourth-order valence-electron chi connectivity index (χ4n) is 0.0986. The summed E-state index contributed by atoms with van der Waals surface area (Å²) in [6.45, 7) is 0. The van der Waals surface area contributed by atoms with Crippen LogP contribution in [0.25, 0.3) is 0 Å². The first-order valence-electron chi connectivity index (χ1n) is 1.54. The van der Waals surface area contributed by atoms with E-state index in [2.05, 4.69) is 22.1 Å². The normalized spacial score (nSPS) is 9.43. The second-order valence-electron chi connectivity index (χ2n) is 0.644. The summed E-state index contributed by atoms with van der Waals surface area (Å²) in [6.07, 6.45) is 0. The van der Waals surface area contributed by atoms with E-state index in [1.807, 2.05) is 5.53 Å². The van der Waals surface area contributed by atoms with Gasteiger partial charge in [0, 0.05) is 0 Å². The molecule has 0 fully saturated rings. The molecule has 0 aliphatic heterocycles. The van der Waals surface area contributed by atoms with Crippen molar-refractivity contribution in [1.29, 1.82) is 0 Å². The maximum atomic E-state index is 6.25. The highest BCUT2D eigenvalue weighted by Gasteiger charge is 1.68. The number of nitrogens with one attached hydrogen (secondary N) is 6. The van der Waals surface area contributed by atoms with Crippen LogP contribution in [0.1, 0.15) is 0 Å². The Labute approximate surface area is 40.6 Å². The number of nitrogens with two attached hydrogens (primary N) is 1.